The topological polar surface area (TPSA) is 88.2 Å². The quantitative estimate of drug-likeness (QED) is 0.324. The van der Waals surface area contributed by atoms with Crippen molar-refractivity contribution >= 4 is 38.7 Å². The van der Waals surface area contributed by atoms with E-state index in [1.54, 1.807) is 6.26 Å². The highest BCUT2D eigenvalue weighted by Crippen LogP contribution is 2.32. The lowest BCUT2D eigenvalue weighted by molar-refractivity contribution is -0.121. The van der Waals surface area contributed by atoms with Crippen molar-refractivity contribution in [2.75, 3.05) is 0 Å². The Kier molecular flexibility index (Phi) is 5.52. The van der Waals surface area contributed by atoms with Crippen molar-refractivity contribution in [1.29, 1.82) is 0 Å². The minimum absolute atomic E-state index is 0.0270. The van der Waals surface area contributed by atoms with E-state index in [2.05, 4.69) is 16.4 Å². The highest BCUT2D eigenvalue weighted by atomic mass is 16.4. The summed E-state index contributed by atoms with van der Waals surface area (Å²) in [5, 5.41) is 6.14. The number of carbonyl (C=O) groups excluding carboxylic acids is 1. The van der Waals surface area contributed by atoms with Gasteiger partial charge in [0, 0.05) is 51.5 Å². The lowest BCUT2D eigenvalue weighted by atomic mass is 9.98. The Bertz CT molecular complexity index is 1600. The minimum Gasteiger partial charge on any atom is -0.464 e. The van der Waals surface area contributed by atoms with E-state index in [-0.39, 0.29) is 18.4 Å². The van der Waals surface area contributed by atoms with Gasteiger partial charge in [-0.3, -0.25) is 4.79 Å². The second-order valence-corrected chi connectivity index (χ2v) is 9.20. The Morgan fingerprint density at radius 2 is 1.85 bits per heavy atom. The number of fused-ring (bicyclic) bond motifs is 3. The van der Waals surface area contributed by atoms with Gasteiger partial charge < -0.3 is 19.1 Å². The average molecular weight is 457 g/mol. The fourth-order valence-corrected chi connectivity index (χ4v) is 4.87. The Morgan fingerprint density at radius 1 is 1.06 bits per heavy atom. The van der Waals surface area contributed by atoms with Crippen LogP contribution in [0.2, 0.25) is 0 Å². The standard InChI is InChI=1S/C28H28N2O4/c1-15-14-33-26-18(4)27-23(12-22(15)26)17(3)20(28(32)34-27)9-10-25(31)30-16(2)11-19-13-29-24-8-6-5-7-21(19)24/h5-8,12-14,16,29H,9-11H2,1-4H3,(H,30,31)/t16-/m1/s1. The molecule has 0 fully saturated rings. The monoisotopic (exact) mass is 456 g/mol. The van der Waals surface area contributed by atoms with E-state index < -0.39 is 5.63 Å². The van der Waals surface area contributed by atoms with Crippen LogP contribution in [-0.2, 0) is 17.6 Å². The van der Waals surface area contributed by atoms with E-state index in [0.717, 1.165) is 45.0 Å². The van der Waals surface area contributed by atoms with Crippen molar-refractivity contribution in [3.8, 4) is 0 Å². The van der Waals surface area contributed by atoms with Gasteiger partial charge in [0.1, 0.15) is 11.2 Å². The normalized spacial score (nSPS) is 12.6. The molecule has 3 heterocycles. The van der Waals surface area contributed by atoms with Crippen LogP contribution >= 0.6 is 0 Å². The smallest absolute Gasteiger partial charge is 0.339 e. The number of aromatic nitrogens is 1. The van der Waals surface area contributed by atoms with Gasteiger partial charge in [0.25, 0.3) is 0 Å². The number of carbonyl (C=O) groups is 1. The summed E-state index contributed by atoms with van der Waals surface area (Å²) in [5.74, 6) is -0.0800. The second-order valence-electron chi connectivity index (χ2n) is 9.20. The number of hydrogen-bond donors (Lipinski definition) is 2. The van der Waals surface area contributed by atoms with Gasteiger partial charge in [-0.1, -0.05) is 18.2 Å². The molecule has 0 unspecified atom stereocenters. The number of rotatable bonds is 6. The number of aryl methyl sites for hydroxylation is 3. The Hall–Kier alpha value is -3.80. The molecule has 0 saturated carbocycles. The molecule has 174 valence electrons. The highest BCUT2D eigenvalue weighted by Gasteiger charge is 2.18. The lowest BCUT2D eigenvalue weighted by Gasteiger charge is -2.14. The highest BCUT2D eigenvalue weighted by molar-refractivity contribution is 5.99. The second kappa shape index (κ2) is 8.52. The van der Waals surface area contributed by atoms with Crippen LogP contribution in [0.3, 0.4) is 0 Å². The summed E-state index contributed by atoms with van der Waals surface area (Å²) in [6.45, 7) is 7.82. The van der Waals surface area contributed by atoms with Gasteiger partial charge in [0.05, 0.1) is 6.26 Å². The molecule has 0 saturated heterocycles. The minimum atomic E-state index is -0.393. The first-order valence-corrected chi connectivity index (χ1v) is 11.6. The van der Waals surface area contributed by atoms with Gasteiger partial charge in [0.2, 0.25) is 5.91 Å². The number of benzene rings is 2. The van der Waals surface area contributed by atoms with Crippen molar-refractivity contribution in [3.05, 3.63) is 81.0 Å². The van der Waals surface area contributed by atoms with Crippen molar-refractivity contribution in [1.82, 2.24) is 10.3 Å². The number of aromatic amines is 1. The van der Waals surface area contributed by atoms with Gasteiger partial charge in [-0.25, -0.2) is 4.79 Å². The predicted molar refractivity (Wildman–Crippen MR) is 134 cm³/mol. The van der Waals surface area contributed by atoms with E-state index in [1.807, 2.05) is 58.2 Å². The third-order valence-electron chi connectivity index (χ3n) is 6.75. The van der Waals surface area contributed by atoms with Gasteiger partial charge in [0.15, 0.2) is 0 Å². The predicted octanol–water partition coefficient (Wildman–Crippen LogP) is 5.63. The molecule has 3 aromatic heterocycles. The first-order chi connectivity index (χ1) is 16.3. The zero-order chi connectivity index (χ0) is 24.0. The molecule has 0 aliphatic heterocycles. The maximum Gasteiger partial charge on any atom is 0.339 e. The number of furan rings is 1. The molecule has 0 aliphatic carbocycles. The van der Waals surface area contributed by atoms with Gasteiger partial charge in [-0.15, -0.1) is 0 Å². The van der Waals surface area contributed by atoms with Gasteiger partial charge >= 0.3 is 5.63 Å². The number of H-pyrrole nitrogens is 1. The molecule has 0 bridgehead atoms. The van der Waals surface area contributed by atoms with Gasteiger partial charge in [-0.05, 0) is 69.4 Å². The molecule has 0 radical (unpaired) electrons. The Balaban J connectivity index is 1.32. The lowest BCUT2D eigenvalue weighted by Crippen LogP contribution is -2.34. The van der Waals surface area contributed by atoms with E-state index >= 15 is 0 Å². The molecule has 1 atom stereocenters. The molecular weight excluding hydrogens is 428 g/mol. The van der Waals surface area contributed by atoms with Crippen LogP contribution in [0, 0.1) is 20.8 Å². The summed E-state index contributed by atoms with van der Waals surface area (Å²) in [6.07, 6.45) is 5.00. The molecule has 0 aliphatic rings. The molecule has 2 N–H and O–H groups in total. The molecule has 1 amide bonds. The summed E-state index contributed by atoms with van der Waals surface area (Å²) in [5.41, 5.74) is 6.41. The largest absolute Gasteiger partial charge is 0.464 e. The van der Waals surface area contributed by atoms with E-state index in [4.69, 9.17) is 8.83 Å². The molecule has 6 heteroatoms. The van der Waals surface area contributed by atoms with E-state index in [9.17, 15) is 9.59 Å². The first kappa shape index (κ1) is 22.0. The van der Waals surface area contributed by atoms with Crippen molar-refractivity contribution < 1.29 is 13.6 Å². The number of amides is 1. The van der Waals surface area contributed by atoms with Crippen LogP contribution in [0.25, 0.3) is 32.8 Å². The van der Waals surface area contributed by atoms with Crippen LogP contribution < -0.4 is 10.9 Å². The number of hydrogen-bond acceptors (Lipinski definition) is 4. The summed E-state index contributed by atoms with van der Waals surface area (Å²) in [7, 11) is 0. The summed E-state index contributed by atoms with van der Waals surface area (Å²) >= 11 is 0. The average Bonchev–Trinajstić information content (AvgIpc) is 3.38. The molecule has 2 aromatic carbocycles. The first-order valence-electron chi connectivity index (χ1n) is 11.6. The van der Waals surface area contributed by atoms with Gasteiger partial charge in [-0.2, -0.15) is 0 Å². The fourth-order valence-electron chi connectivity index (χ4n) is 4.87. The van der Waals surface area contributed by atoms with Crippen molar-refractivity contribution in [2.24, 2.45) is 0 Å². The Labute approximate surface area is 196 Å². The molecule has 0 spiro atoms. The molecular formula is C28H28N2O4. The molecule has 5 aromatic rings. The molecule has 5 rings (SSSR count). The SMILES string of the molecule is Cc1coc2c(C)c3oc(=O)c(CCC(=O)N[C@H](C)Cc4c[nH]c5ccccc45)c(C)c3cc12. The summed E-state index contributed by atoms with van der Waals surface area (Å²) < 4.78 is 11.4. The van der Waals surface area contributed by atoms with Crippen LogP contribution in [0.1, 0.15) is 41.2 Å². The maximum atomic E-state index is 12.8. The van der Waals surface area contributed by atoms with Crippen LogP contribution in [0.4, 0.5) is 0 Å². The van der Waals surface area contributed by atoms with Crippen LogP contribution in [0.15, 0.2) is 56.4 Å². The zero-order valence-corrected chi connectivity index (χ0v) is 19.9. The van der Waals surface area contributed by atoms with Crippen LogP contribution in [0.5, 0.6) is 0 Å². The Morgan fingerprint density at radius 3 is 2.68 bits per heavy atom. The number of nitrogens with one attached hydrogen (secondary N) is 2. The third kappa shape index (κ3) is 3.79. The third-order valence-corrected chi connectivity index (χ3v) is 6.75. The van der Waals surface area contributed by atoms with E-state index in [0.29, 0.717) is 17.6 Å². The summed E-state index contributed by atoms with van der Waals surface area (Å²) in [6, 6.07) is 10.1. The fraction of sp³-hybridized carbons (Fsp3) is 0.286. The molecule has 34 heavy (non-hydrogen) atoms. The number of para-hydroxylation sites is 1. The van der Waals surface area contributed by atoms with Crippen molar-refractivity contribution in [3.63, 3.8) is 0 Å². The van der Waals surface area contributed by atoms with Crippen molar-refractivity contribution in [2.45, 2.75) is 53.0 Å². The van der Waals surface area contributed by atoms with Crippen LogP contribution in [-0.4, -0.2) is 16.9 Å². The summed E-state index contributed by atoms with van der Waals surface area (Å²) in [4.78, 5) is 28.7. The molecule has 6 nitrogen and oxygen atoms in total. The maximum absolute atomic E-state index is 12.8. The van der Waals surface area contributed by atoms with E-state index in [1.165, 1.54) is 10.9 Å². The zero-order valence-electron chi connectivity index (χ0n) is 19.9.